The van der Waals surface area contributed by atoms with Crippen molar-refractivity contribution in [3.63, 3.8) is 0 Å². The highest BCUT2D eigenvalue weighted by Gasteiger charge is 2.05. The molecule has 5 heteroatoms. The zero-order valence-corrected chi connectivity index (χ0v) is 13.6. The van der Waals surface area contributed by atoms with Gasteiger partial charge < -0.3 is 14.4 Å². The van der Waals surface area contributed by atoms with Crippen molar-refractivity contribution in [1.29, 1.82) is 0 Å². The van der Waals surface area contributed by atoms with E-state index in [0.29, 0.717) is 24.3 Å². The summed E-state index contributed by atoms with van der Waals surface area (Å²) >= 11 is 7.62. The van der Waals surface area contributed by atoms with Gasteiger partial charge in [-0.3, -0.25) is 0 Å². The van der Waals surface area contributed by atoms with Crippen LogP contribution < -0.4 is 0 Å². The average Bonchev–Trinajstić information content (AvgIpc) is 2.47. The van der Waals surface area contributed by atoms with Crippen molar-refractivity contribution >= 4 is 53.1 Å². The molecule has 0 radical (unpaired) electrons. The van der Waals surface area contributed by atoms with Gasteiger partial charge in [0.2, 0.25) is 0 Å². The molecule has 0 aliphatic carbocycles. The maximum Gasteiger partial charge on any atom is 0.139 e. The van der Waals surface area contributed by atoms with Crippen LogP contribution in [-0.4, -0.2) is 18.9 Å². The molecule has 0 fully saturated rings. The normalized spacial score (nSPS) is 10.1. The van der Waals surface area contributed by atoms with Gasteiger partial charge in [-0.15, -0.1) is 0 Å². The van der Waals surface area contributed by atoms with E-state index in [-0.39, 0.29) is 5.92 Å². The zero-order chi connectivity index (χ0) is 15.2. The summed E-state index contributed by atoms with van der Waals surface area (Å²) in [5.41, 5.74) is 0.878. The number of hydrogen-bond donors (Lipinski definition) is 0. The minimum absolute atomic E-state index is 0.339. The third-order valence-corrected chi connectivity index (χ3v) is 2.78. The lowest BCUT2D eigenvalue weighted by atomic mass is 10.0. The highest BCUT2D eigenvalue weighted by molar-refractivity contribution is 14.1. The van der Waals surface area contributed by atoms with Crippen molar-refractivity contribution in [3.8, 4) is 9.85 Å². The molecule has 0 aromatic heterocycles. The Labute approximate surface area is 137 Å². The fourth-order valence-corrected chi connectivity index (χ4v) is 1.67. The molecule has 1 aromatic rings. The predicted octanol–water partition coefficient (Wildman–Crippen LogP) is 3.57. The molecule has 0 saturated heterocycles. The maximum atomic E-state index is 10.6. The Bertz CT molecular complexity index is 466. The third kappa shape index (κ3) is 8.83. The molecule has 1 aromatic carbocycles. The van der Waals surface area contributed by atoms with E-state index in [1.165, 1.54) is 0 Å². The van der Waals surface area contributed by atoms with E-state index in [2.05, 4.69) is 9.85 Å². The molecule has 0 heterocycles. The minimum atomic E-state index is -0.339. The quantitative estimate of drug-likeness (QED) is 0.315. The van der Waals surface area contributed by atoms with E-state index < -0.39 is 0 Å². The summed E-state index contributed by atoms with van der Waals surface area (Å²) in [4.78, 5) is 29.8. The molecule has 0 aliphatic rings. The molecular weight excluding hydrogens is 391 g/mol. The van der Waals surface area contributed by atoms with Crippen LogP contribution in [0.2, 0.25) is 5.02 Å². The Morgan fingerprint density at radius 2 is 1.65 bits per heavy atom. The van der Waals surface area contributed by atoms with Gasteiger partial charge in [-0.2, -0.15) is 0 Å². The highest BCUT2D eigenvalue weighted by atomic mass is 127. The monoisotopic (exact) mass is 404 g/mol. The Balaban J connectivity index is 0.000000441. The lowest BCUT2D eigenvalue weighted by molar-refractivity contribution is -0.109. The number of carbonyl (C=O) groups excluding carboxylic acids is 3. The van der Waals surface area contributed by atoms with Gasteiger partial charge in [0.05, 0.1) is 0 Å². The third-order valence-electron chi connectivity index (χ3n) is 2.22. The van der Waals surface area contributed by atoms with Crippen LogP contribution in [0.1, 0.15) is 30.7 Å². The van der Waals surface area contributed by atoms with Crippen LogP contribution in [-0.2, 0) is 14.4 Å². The van der Waals surface area contributed by atoms with E-state index >= 15 is 0 Å². The topological polar surface area (TPSA) is 51.2 Å². The van der Waals surface area contributed by atoms with Crippen LogP contribution in [0.5, 0.6) is 0 Å². The largest absolute Gasteiger partial charge is 0.303 e. The molecule has 3 nitrogen and oxygen atoms in total. The Morgan fingerprint density at radius 1 is 1.10 bits per heavy atom. The standard InChI is InChI=1S/C10H6ClIO.C5H8O2/c11-10-3-1-8(2-4-10)9(7-13)5-6-12;6-4-2-1-3-5-7/h1-4,7,9H;4-5H,1-3H2. The highest BCUT2D eigenvalue weighted by Crippen LogP contribution is 2.16. The van der Waals surface area contributed by atoms with Crippen LogP contribution in [0.15, 0.2) is 24.3 Å². The summed E-state index contributed by atoms with van der Waals surface area (Å²) in [6, 6.07) is 7.12. The molecule has 1 atom stereocenters. The Hall–Kier alpha value is -1.19. The van der Waals surface area contributed by atoms with Gasteiger partial charge in [0.15, 0.2) is 0 Å². The molecule has 0 bridgehead atoms. The van der Waals surface area contributed by atoms with Crippen molar-refractivity contribution in [2.24, 2.45) is 0 Å². The van der Waals surface area contributed by atoms with Crippen molar-refractivity contribution in [1.82, 2.24) is 0 Å². The summed E-state index contributed by atoms with van der Waals surface area (Å²) in [6.07, 6.45) is 4.20. The van der Waals surface area contributed by atoms with E-state index in [1.807, 2.05) is 34.7 Å². The molecule has 0 spiro atoms. The second-order valence-electron chi connectivity index (χ2n) is 3.67. The van der Waals surface area contributed by atoms with Crippen LogP contribution >= 0.6 is 34.2 Å². The number of unbranched alkanes of at least 4 members (excludes halogenated alkanes) is 2. The number of carbonyl (C=O) groups is 3. The zero-order valence-electron chi connectivity index (χ0n) is 10.7. The predicted molar refractivity (Wildman–Crippen MR) is 88.0 cm³/mol. The van der Waals surface area contributed by atoms with Crippen LogP contribution in [0.4, 0.5) is 0 Å². The first-order chi connectivity index (χ1) is 9.69. The van der Waals surface area contributed by atoms with Gasteiger partial charge in [-0.25, -0.2) is 0 Å². The van der Waals surface area contributed by atoms with Crippen molar-refractivity contribution in [2.75, 3.05) is 0 Å². The molecule has 106 valence electrons. The van der Waals surface area contributed by atoms with Gasteiger partial charge in [-0.1, -0.05) is 29.7 Å². The number of benzene rings is 1. The number of rotatable bonds is 6. The number of hydrogen-bond acceptors (Lipinski definition) is 3. The summed E-state index contributed by atoms with van der Waals surface area (Å²) < 4.78 is 2.69. The Kier molecular flexibility index (Phi) is 12.1. The fraction of sp³-hybridized carbons (Fsp3) is 0.267. The minimum Gasteiger partial charge on any atom is -0.303 e. The summed E-state index contributed by atoms with van der Waals surface area (Å²) in [5.74, 6) is 2.45. The molecule has 20 heavy (non-hydrogen) atoms. The van der Waals surface area contributed by atoms with E-state index in [4.69, 9.17) is 11.6 Å². The second-order valence-corrected chi connectivity index (χ2v) is 4.64. The van der Waals surface area contributed by atoms with E-state index in [9.17, 15) is 14.4 Å². The van der Waals surface area contributed by atoms with Crippen LogP contribution in [0.3, 0.4) is 0 Å². The fourth-order valence-electron chi connectivity index (χ4n) is 1.21. The molecule has 1 unspecified atom stereocenters. The molecule has 0 amide bonds. The summed E-state index contributed by atoms with van der Waals surface area (Å²) in [7, 11) is 0. The van der Waals surface area contributed by atoms with Gasteiger partial charge in [0.1, 0.15) is 24.8 Å². The van der Waals surface area contributed by atoms with Crippen molar-refractivity contribution in [2.45, 2.75) is 25.2 Å². The maximum absolute atomic E-state index is 10.6. The number of halogens is 2. The van der Waals surface area contributed by atoms with E-state index in [1.54, 1.807) is 12.1 Å². The van der Waals surface area contributed by atoms with Gasteiger partial charge in [0.25, 0.3) is 0 Å². The summed E-state index contributed by atoms with van der Waals surface area (Å²) in [5, 5.41) is 0.663. The molecular formula is C15H14ClIO3. The van der Waals surface area contributed by atoms with Gasteiger partial charge in [0, 0.05) is 40.5 Å². The lowest BCUT2D eigenvalue weighted by Crippen LogP contribution is -1.95. The molecule has 1 rings (SSSR count). The lowest BCUT2D eigenvalue weighted by Gasteiger charge is -2.01. The van der Waals surface area contributed by atoms with Gasteiger partial charge >= 0.3 is 0 Å². The molecule has 0 aliphatic heterocycles. The van der Waals surface area contributed by atoms with Crippen LogP contribution in [0.25, 0.3) is 0 Å². The number of aldehydes is 3. The molecule has 0 N–H and O–H groups in total. The second kappa shape index (κ2) is 12.8. The van der Waals surface area contributed by atoms with Crippen LogP contribution in [0, 0.1) is 9.85 Å². The van der Waals surface area contributed by atoms with Crippen molar-refractivity contribution < 1.29 is 14.4 Å². The average molecular weight is 405 g/mol. The summed E-state index contributed by atoms with van der Waals surface area (Å²) in [6.45, 7) is 0. The smallest absolute Gasteiger partial charge is 0.139 e. The molecule has 0 saturated carbocycles. The SMILES string of the molecule is O=CC(C#CI)c1ccc(Cl)cc1.O=CCCCC=O. The van der Waals surface area contributed by atoms with E-state index in [0.717, 1.165) is 24.4 Å². The van der Waals surface area contributed by atoms with Gasteiger partial charge in [-0.05, 0) is 28.0 Å². The first-order valence-corrected chi connectivity index (χ1v) is 7.34. The first-order valence-electron chi connectivity index (χ1n) is 5.88. The Morgan fingerprint density at radius 3 is 2.05 bits per heavy atom. The first kappa shape index (κ1) is 18.8. The van der Waals surface area contributed by atoms with Crippen molar-refractivity contribution in [3.05, 3.63) is 34.9 Å².